The predicted octanol–water partition coefficient (Wildman–Crippen LogP) is 4.68. The molecule has 0 radical (unpaired) electrons. The molecule has 0 aliphatic heterocycles. The first-order valence-corrected chi connectivity index (χ1v) is 8.61. The van der Waals surface area contributed by atoms with E-state index in [4.69, 9.17) is 11.6 Å². The Morgan fingerprint density at radius 1 is 1.00 bits per heavy atom. The zero-order valence-corrected chi connectivity index (χ0v) is 14.3. The zero-order chi connectivity index (χ0) is 17.3. The second kappa shape index (κ2) is 6.34. The second-order valence-corrected chi connectivity index (χ2v) is 6.75. The number of anilines is 1. The van der Waals surface area contributed by atoms with E-state index in [2.05, 4.69) is 34.6 Å². The minimum Gasteiger partial charge on any atom is -0.310 e. The number of carbonyl (C=O) groups excluding carboxylic acids is 1. The molecule has 1 aliphatic carbocycles. The third-order valence-electron chi connectivity index (χ3n) is 4.83. The Morgan fingerprint density at radius 3 is 2.16 bits per heavy atom. The first-order valence-electron chi connectivity index (χ1n) is 8.23. The molecule has 1 aromatic heterocycles. The average Bonchev–Trinajstić information content (AvgIpc) is 3.40. The Morgan fingerprint density at radius 2 is 1.60 bits per heavy atom. The van der Waals surface area contributed by atoms with Crippen molar-refractivity contribution in [3.05, 3.63) is 95.1 Å². The van der Waals surface area contributed by atoms with Gasteiger partial charge in [0.2, 0.25) is 5.91 Å². The smallest absolute Gasteiger partial charge is 0.229 e. The van der Waals surface area contributed by atoms with E-state index >= 15 is 0 Å². The van der Waals surface area contributed by atoms with E-state index in [-0.39, 0.29) is 17.2 Å². The third-order valence-corrected chi connectivity index (χ3v) is 5.06. The van der Waals surface area contributed by atoms with E-state index in [1.165, 1.54) is 11.1 Å². The highest BCUT2D eigenvalue weighted by Crippen LogP contribution is 2.59. The lowest BCUT2D eigenvalue weighted by Crippen LogP contribution is -2.22. The van der Waals surface area contributed by atoms with E-state index in [0.29, 0.717) is 10.8 Å². The highest BCUT2D eigenvalue weighted by molar-refractivity contribution is 6.30. The third kappa shape index (κ3) is 2.92. The summed E-state index contributed by atoms with van der Waals surface area (Å²) in [6, 6.07) is 23.8. The van der Waals surface area contributed by atoms with Crippen molar-refractivity contribution in [3.8, 4) is 0 Å². The van der Waals surface area contributed by atoms with Gasteiger partial charge in [-0.3, -0.25) is 4.79 Å². The molecule has 3 aromatic rings. The Hall–Kier alpha value is -2.65. The average molecular weight is 349 g/mol. The summed E-state index contributed by atoms with van der Waals surface area (Å²) in [6.07, 6.45) is 2.37. The highest BCUT2D eigenvalue weighted by atomic mass is 35.5. The van der Waals surface area contributed by atoms with Crippen LogP contribution in [0.1, 0.15) is 17.5 Å². The van der Waals surface area contributed by atoms with Gasteiger partial charge in [-0.2, -0.15) is 0 Å². The Kier molecular flexibility index (Phi) is 4.02. The fourth-order valence-electron chi connectivity index (χ4n) is 3.54. The molecule has 25 heavy (non-hydrogen) atoms. The van der Waals surface area contributed by atoms with Crippen LogP contribution in [0.3, 0.4) is 0 Å². The number of carbonyl (C=O) groups is 1. The summed E-state index contributed by atoms with van der Waals surface area (Å²) in [5.41, 5.74) is 2.06. The van der Waals surface area contributed by atoms with Gasteiger partial charge in [-0.05, 0) is 29.7 Å². The van der Waals surface area contributed by atoms with Crippen LogP contribution in [0.2, 0.25) is 5.02 Å². The second-order valence-electron chi connectivity index (χ2n) is 6.31. The molecule has 0 saturated heterocycles. The maximum Gasteiger partial charge on any atom is 0.229 e. The molecule has 1 heterocycles. The number of rotatable bonds is 4. The van der Waals surface area contributed by atoms with Crippen molar-refractivity contribution in [1.82, 2.24) is 4.98 Å². The fourth-order valence-corrected chi connectivity index (χ4v) is 3.70. The van der Waals surface area contributed by atoms with Gasteiger partial charge in [-0.25, -0.2) is 4.98 Å². The summed E-state index contributed by atoms with van der Waals surface area (Å²) in [4.78, 5) is 17.0. The Bertz CT molecular complexity index is 857. The van der Waals surface area contributed by atoms with Crippen molar-refractivity contribution in [2.24, 2.45) is 5.92 Å². The van der Waals surface area contributed by atoms with Crippen molar-refractivity contribution in [2.75, 3.05) is 5.32 Å². The minimum absolute atomic E-state index is 0.0255. The molecular weight excluding hydrogens is 332 g/mol. The van der Waals surface area contributed by atoms with Crippen LogP contribution < -0.4 is 5.32 Å². The summed E-state index contributed by atoms with van der Waals surface area (Å²) >= 11 is 5.98. The standard InChI is InChI=1S/C21H17ClN2O/c22-17-11-12-23-19(13-17)24-20(25)18-14-21(18,15-7-3-1-4-8-15)16-9-5-2-6-10-16/h1-13,18H,14H2,(H,23,24,25). The van der Waals surface area contributed by atoms with Crippen LogP contribution in [0.25, 0.3) is 0 Å². The van der Waals surface area contributed by atoms with Gasteiger partial charge in [0.1, 0.15) is 5.82 Å². The van der Waals surface area contributed by atoms with Crippen LogP contribution in [0.4, 0.5) is 5.82 Å². The van der Waals surface area contributed by atoms with Gasteiger partial charge in [0.15, 0.2) is 0 Å². The number of hydrogen-bond donors (Lipinski definition) is 1. The van der Waals surface area contributed by atoms with Gasteiger partial charge in [0.25, 0.3) is 0 Å². The quantitative estimate of drug-likeness (QED) is 0.743. The number of benzene rings is 2. The molecule has 1 fully saturated rings. The number of halogens is 1. The molecule has 124 valence electrons. The van der Waals surface area contributed by atoms with Crippen molar-refractivity contribution >= 4 is 23.3 Å². The lowest BCUT2D eigenvalue weighted by molar-refractivity contribution is -0.117. The van der Waals surface area contributed by atoms with Crippen molar-refractivity contribution in [2.45, 2.75) is 11.8 Å². The summed E-state index contributed by atoms with van der Waals surface area (Å²) in [5.74, 6) is 0.333. The van der Waals surface area contributed by atoms with Gasteiger partial charge < -0.3 is 5.32 Å². The number of pyridine rings is 1. The van der Waals surface area contributed by atoms with Crippen LogP contribution in [0.5, 0.6) is 0 Å². The summed E-state index contributed by atoms with van der Waals surface area (Å²) < 4.78 is 0. The van der Waals surface area contributed by atoms with Crippen molar-refractivity contribution < 1.29 is 4.79 Å². The first-order chi connectivity index (χ1) is 12.2. The summed E-state index contributed by atoms with van der Waals surface area (Å²) in [6.45, 7) is 0. The van der Waals surface area contributed by atoms with Gasteiger partial charge in [-0.1, -0.05) is 72.3 Å². The van der Waals surface area contributed by atoms with Crippen LogP contribution in [0, 0.1) is 5.92 Å². The Balaban J connectivity index is 1.65. The molecular formula is C21H17ClN2O. The monoisotopic (exact) mass is 348 g/mol. The van der Waals surface area contributed by atoms with Crippen LogP contribution in [-0.4, -0.2) is 10.9 Å². The number of amides is 1. The molecule has 1 amide bonds. The number of nitrogens with zero attached hydrogens (tertiary/aromatic N) is 1. The normalized spacial score (nSPS) is 17.7. The fraction of sp³-hybridized carbons (Fsp3) is 0.143. The van der Waals surface area contributed by atoms with Crippen molar-refractivity contribution in [3.63, 3.8) is 0 Å². The Labute approximate surface area is 151 Å². The topological polar surface area (TPSA) is 42.0 Å². The van der Waals surface area contributed by atoms with E-state index in [1.54, 1.807) is 18.3 Å². The predicted molar refractivity (Wildman–Crippen MR) is 99.6 cm³/mol. The summed E-state index contributed by atoms with van der Waals surface area (Å²) in [5, 5.41) is 3.46. The number of nitrogens with one attached hydrogen (secondary N) is 1. The SMILES string of the molecule is O=C(Nc1cc(Cl)ccn1)C1CC1(c1ccccc1)c1ccccc1. The molecule has 4 rings (SSSR count). The van der Waals surface area contributed by atoms with Gasteiger partial charge in [-0.15, -0.1) is 0 Å². The number of aromatic nitrogens is 1. The zero-order valence-electron chi connectivity index (χ0n) is 13.5. The lowest BCUT2D eigenvalue weighted by atomic mass is 9.85. The molecule has 1 unspecified atom stereocenters. The van der Waals surface area contributed by atoms with Gasteiger partial charge >= 0.3 is 0 Å². The van der Waals surface area contributed by atoms with E-state index in [9.17, 15) is 4.79 Å². The molecule has 4 heteroatoms. The molecule has 0 spiro atoms. The molecule has 1 saturated carbocycles. The van der Waals surface area contributed by atoms with Gasteiger partial charge in [0.05, 0.1) is 5.92 Å². The van der Waals surface area contributed by atoms with Crippen molar-refractivity contribution in [1.29, 1.82) is 0 Å². The molecule has 1 N–H and O–H groups in total. The maximum absolute atomic E-state index is 12.9. The van der Waals surface area contributed by atoms with Crippen LogP contribution in [0.15, 0.2) is 79.0 Å². The van der Waals surface area contributed by atoms with Crippen LogP contribution >= 0.6 is 11.6 Å². The lowest BCUT2D eigenvalue weighted by Gasteiger charge is -2.19. The van der Waals surface area contributed by atoms with Crippen LogP contribution in [-0.2, 0) is 10.2 Å². The number of hydrogen-bond acceptors (Lipinski definition) is 2. The van der Waals surface area contributed by atoms with Gasteiger partial charge in [0, 0.05) is 16.6 Å². The maximum atomic E-state index is 12.9. The van der Waals surface area contributed by atoms with E-state index < -0.39 is 0 Å². The van der Waals surface area contributed by atoms with E-state index in [1.807, 2.05) is 36.4 Å². The molecule has 3 nitrogen and oxygen atoms in total. The van der Waals surface area contributed by atoms with E-state index in [0.717, 1.165) is 6.42 Å². The largest absolute Gasteiger partial charge is 0.310 e. The molecule has 1 aliphatic rings. The first kappa shape index (κ1) is 15.9. The molecule has 0 bridgehead atoms. The summed E-state index contributed by atoms with van der Waals surface area (Å²) in [7, 11) is 0. The minimum atomic E-state index is -0.273. The highest BCUT2D eigenvalue weighted by Gasteiger charge is 2.60. The molecule has 1 atom stereocenters. The molecule has 2 aromatic carbocycles.